The smallest absolute Gasteiger partial charge is 0.374 e. The molecule has 2 aliphatic rings. The number of alkyl halides is 9. The lowest BCUT2D eigenvalue weighted by molar-refractivity contribution is -0.276. The number of oxime groups is 1. The Morgan fingerprint density at radius 3 is 2.44 bits per heavy atom. The van der Waals surface area contributed by atoms with Gasteiger partial charge in [-0.25, -0.2) is 9.45 Å². The number of halogens is 11. The van der Waals surface area contributed by atoms with E-state index in [2.05, 4.69) is 15.3 Å². The summed E-state index contributed by atoms with van der Waals surface area (Å²) in [6.07, 6.45) is -18.4. The highest BCUT2D eigenvalue weighted by molar-refractivity contribution is 7.14. The zero-order chi connectivity index (χ0) is 30.7. The van der Waals surface area contributed by atoms with E-state index in [1.54, 1.807) is 0 Å². The number of carbonyl (C=O) groups is 1. The second-order valence-electron chi connectivity index (χ2n) is 9.01. The molecule has 0 saturated carbocycles. The average molecular weight is 644 g/mol. The first-order valence-electron chi connectivity index (χ1n) is 11.2. The van der Waals surface area contributed by atoms with Gasteiger partial charge in [-0.3, -0.25) is 14.9 Å². The third kappa shape index (κ3) is 6.11. The van der Waals surface area contributed by atoms with Gasteiger partial charge >= 0.3 is 18.5 Å². The molecule has 0 bridgehead atoms. The molecule has 0 aliphatic carbocycles. The lowest BCUT2D eigenvalue weighted by Gasteiger charge is -2.30. The fraction of sp³-hybridized carbons (Fsp3) is 0.455. The number of aliphatic hydroxyl groups excluding tert-OH is 1. The molecular weight excluding hydrogens is 628 g/mol. The van der Waals surface area contributed by atoms with Crippen LogP contribution in [0, 0.1) is 12.7 Å². The summed E-state index contributed by atoms with van der Waals surface area (Å²) in [5, 5.41) is 15.1. The number of aryl methyl sites for hydroxylation is 1. The van der Waals surface area contributed by atoms with Gasteiger partial charge in [0.1, 0.15) is 30.3 Å². The van der Waals surface area contributed by atoms with E-state index in [1.165, 1.54) is 13.0 Å². The molecule has 1 aromatic carbocycles. The molecule has 0 spiro atoms. The lowest BCUT2D eigenvalue weighted by atomic mass is 9.86. The van der Waals surface area contributed by atoms with E-state index in [4.69, 9.17) is 16.4 Å². The van der Waals surface area contributed by atoms with Gasteiger partial charge in [0.25, 0.3) is 11.5 Å². The van der Waals surface area contributed by atoms with Gasteiger partial charge in [-0.1, -0.05) is 16.8 Å². The number of hydrogen-bond donors (Lipinski definition) is 2. The maximum absolute atomic E-state index is 14.8. The minimum atomic E-state index is -5.48. The molecule has 3 heterocycles. The van der Waals surface area contributed by atoms with Crippen molar-refractivity contribution in [1.29, 1.82) is 0 Å². The average Bonchev–Trinajstić information content (AvgIpc) is 3.53. The Bertz CT molecular complexity index is 1380. The summed E-state index contributed by atoms with van der Waals surface area (Å²) in [6.45, 7) is -0.841. The molecule has 2 aromatic rings. The molecule has 2 N–H and O–H groups in total. The number of aliphatic hydroxyl groups is 1. The molecule has 19 heteroatoms. The summed E-state index contributed by atoms with van der Waals surface area (Å²) in [5.41, 5.74) is -7.09. The van der Waals surface area contributed by atoms with Crippen LogP contribution in [0.15, 0.2) is 23.4 Å². The summed E-state index contributed by atoms with van der Waals surface area (Å²) in [6, 6.07) is -0.0736. The van der Waals surface area contributed by atoms with Crippen molar-refractivity contribution < 1.29 is 63.5 Å². The van der Waals surface area contributed by atoms with E-state index in [-0.39, 0.29) is 32.5 Å². The number of amides is 1. The van der Waals surface area contributed by atoms with Crippen LogP contribution < -0.4 is 5.32 Å². The van der Waals surface area contributed by atoms with Crippen LogP contribution >= 0.6 is 22.9 Å². The zero-order valence-electron chi connectivity index (χ0n) is 20.1. The van der Waals surface area contributed by atoms with E-state index < -0.39 is 89.6 Å². The Kier molecular flexibility index (Phi) is 8.05. The molecule has 226 valence electrons. The fourth-order valence-corrected chi connectivity index (χ4v) is 5.44. The van der Waals surface area contributed by atoms with Crippen LogP contribution in [0.3, 0.4) is 0 Å². The Morgan fingerprint density at radius 2 is 1.85 bits per heavy atom. The van der Waals surface area contributed by atoms with Crippen molar-refractivity contribution in [1.82, 2.24) is 10.4 Å². The topological polar surface area (TPSA) is 83.4 Å². The summed E-state index contributed by atoms with van der Waals surface area (Å²) >= 11 is 6.13. The van der Waals surface area contributed by atoms with E-state index in [9.17, 15) is 53.8 Å². The minimum Gasteiger partial charge on any atom is -0.374 e. The molecule has 1 aromatic heterocycles. The standard InChI is InChI=1S/C22H16ClF10N3O4S/c1-8-2-14(41-16(8)17(37)34-13-6-39-36(18(13)38)7-20(25,26)27)12-5-19(40-35-12,22(31,32)33)10-3-9(21(28,29)30)4-11(23)15(10)24/h2-4,13,17,34,37H,5-7H2,1H3. The van der Waals surface area contributed by atoms with Crippen molar-refractivity contribution in [3.63, 3.8) is 0 Å². The zero-order valence-corrected chi connectivity index (χ0v) is 21.7. The summed E-state index contributed by atoms with van der Waals surface area (Å²) in [5.74, 6) is -2.92. The molecule has 7 nitrogen and oxygen atoms in total. The normalized spacial score (nSPS) is 22.8. The number of nitrogens with one attached hydrogen (secondary N) is 1. The predicted octanol–water partition coefficient (Wildman–Crippen LogP) is 5.74. The van der Waals surface area contributed by atoms with Crippen LogP contribution in [-0.4, -0.2) is 53.3 Å². The number of thiophene rings is 1. The van der Waals surface area contributed by atoms with Gasteiger partial charge < -0.3 is 9.94 Å². The highest BCUT2D eigenvalue weighted by Gasteiger charge is 2.64. The maximum atomic E-state index is 14.8. The van der Waals surface area contributed by atoms with Gasteiger partial charge in [-0.15, -0.1) is 11.3 Å². The van der Waals surface area contributed by atoms with Crippen LogP contribution in [0.5, 0.6) is 0 Å². The van der Waals surface area contributed by atoms with E-state index in [1.807, 2.05) is 0 Å². The number of nitrogens with zero attached hydrogens (tertiary/aromatic N) is 2. The van der Waals surface area contributed by atoms with Crippen molar-refractivity contribution in [3.8, 4) is 0 Å². The third-order valence-electron chi connectivity index (χ3n) is 6.09. The molecule has 1 amide bonds. The summed E-state index contributed by atoms with van der Waals surface area (Å²) in [7, 11) is 0. The van der Waals surface area contributed by atoms with Crippen LogP contribution in [0.1, 0.15) is 39.1 Å². The third-order valence-corrected chi connectivity index (χ3v) is 7.70. The molecular formula is C22H16ClF10N3O4S. The molecule has 0 radical (unpaired) electrons. The first kappa shape index (κ1) is 31.3. The highest BCUT2D eigenvalue weighted by Crippen LogP contribution is 2.52. The lowest BCUT2D eigenvalue weighted by Crippen LogP contribution is -2.43. The van der Waals surface area contributed by atoms with Crippen molar-refractivity contribution >= 4 is 34.6 Å². The van der Waals surface area contributed by atoms with Gasteiger partial charge in [0.05, 0.1) is 33.4 Å². The maximum Gasteiger partial charge on any atom is 0.435 e. The Balaban J connectivity index is 1.58. The molecule has 3 unspecified atom stereocenters. The van der Waals surface area contributed by atoms with Crippen molar-refractivity contribution in [2.45, 2.75) is 49.7 Å². The SMILES string of the molecule is Cc1cc(C2=NOC(c3cc(C(F)(F)F)cc(Cl)c3F)(C(F)(F)F)C2)sc1C(O)NC1CON(CC(F)(F)F)C1=O. The number of benzene rings is 1. The van der Waals surface area contributed by atoms with Gasteiger partial charge in [-0.05, 0) is 30.7 Å². The highest BCUT2D eigenvalue weighted by atomic mass is 35.5. The fourth-order valence-electron chi connectivity index (χ4n) is 4.12. The summed E-state index contributed by atoms with van der Waals surface area (Å²) in [4.78, 5) is 21.4. The first-order valence-corrected chi connectivity index (χ1v) is 12.4. The van der Waals surface area contributed by atoms with E-state index >= 15 is 0 Å². The molecule has 4 rings (SSSR count). The van der Waals surface area contributed by atoms with Gasteiger partial charge in [-0.2, -0.15) is 39.5 Å². The van der Waals surface area contributed by atoms with Crippen LogP contribution in [0.4, 0.5) is 43.9 Å². The molecule has 1 fully saturated rings. The van der Waals surface area contributed by atoms with Crippen LogP contribution in [-0.2, 0) is 26.2 Å². The van der Waals surface area contributed by atoms with Crippen molar-refractivity contribution in [3.05, 3.63) is 55.5 Å². The number of hydrogen-bond acceptors (Lipinski definition) is 7. The predicted molar refractivity (Wildman–Crippen MR) is 121 cm³/mol. The summed E-state index contributed by atoms with van der Waals surface area (Å²) < 4.78 is 135. The van der Waals surface area contributed by atoms with Crippen LogP contribution in [0.2, 0.25) is 5.02 Å². The molecule has 3 atom stereocenters. The van der Waals surface area contributed by atoms with Gasteiger partial charge in [0.2, 0.25) is 0 Å². The Labute approximate surface area is 232 Å². The monoisotopic (exact) mass is 643 g/mol. The van der Waals surface area contributed by atoms with E-state index in [0.29, 0.717) is 11.3 Å². The molecule has 41 heavy (non-hydrogen) atoms. The number of hydroxylamine groups is 2. The minimum absolute atomic E-state index is 0.0163. The molecule has 1 saturated heterocycles. The van der Waals surface area contributed by atoms with Crippen LogP contribution in [0.25, 0.3) is 0 Å². The Morgan fingerprint density at radius 1 is 1.20 bits per heavy atom. The van der Waals surface area contributed by atoms with Crippen molar-refractivity contribution in [2.75, 3.05) is 13.2 Å². The van der Waals surface area contributed by atoms with E-state index in [0.717, 1.165) is 0 Å². The second kappa shape index (κ2) is 10.6. The first-order chi connectivity index (χ1) is 18.7. The number of rotatable bonds is 6. The quantitative estimate of drug-likeness (QED) is 0.310. The molecule has 2 aliphatic heterocycles. The van der Waals surface area contributed by atoms with Gasteiger partial charge in [0, 0.05) is 5.56 Å². The Hall–Kier alpha value is -2.67. The van der Waals surface area contributed by atoms with Crippen molar-refractivity contribution in [2.24, 2.45) is 5.16 Å². The second-order valence-corrected chi connectivity index (χ2v) is 10.5. The number of carbonyl (C=O) groups excluding carboxylic acids is 1. The van der Waals surface area contributed by atoms with Gasteiger partial charge in [0.15, 0.2) is 0 Å². The largest absolute Gasteiger partial charge is 0.435 e.